The topological polar surface area (TPSA) is 43.8 Å². The Labute approximate surface area is 133 Å². The lowest BCUT2D eigenvalue weighted by Crippen LogP contribution is -2.07. The van der Waals surface area contributed by atoms with Gasteiger partial charge in [0.1, 0.15) is 23.2 Å². The summed E-state index contributed by atoms with van der Waals surface area (Å²) < 4.78 is 16.4. The quantitative estimate of drug-likeness (QED) is 0.811. The van der Waals surface area contributed by atoms with Gasteiger partial charge in [0.05, 0.1) is 0 Å². The molecule has 0 fully saturated rings. The maximum atomic E-state index is 13.5. The van der Waals surface area contributed by atoms with E-state index >= 15 is 0 Å². The number of unbranched alkanes of at least 4 members (excludes halogenated alkanes) is 1. The number of hydrogen-bond acceptors (Lipinski definition) is 2. The Morgan fingerprint density at radius 3 is 2.71 bits per heavy atom. The standard InChI is InChI=1S/C16H21BrFN3/c1-3-5-9-21-14(6-4-2)20-15(16(21)19)12-10-11(18)7-8-13(12)17/h7-8,10H,3-6,9,19H2,1-2H3. The molecule has 1 heterocycles. The predicted molar refractivity (Wildman–Crippen MR) is 88.6 cm³/mol. The first-order valence-electron chi connectivity index (χ1n) is 7.38. The van der Waals surface area contributed by atoms with Crippen LogP contribution in [0.4, 0.5) is 10.2 Å². The van der Waals surface area contributed by atoms with Crippen LogP contribution >= 0.6 is 15.9 Å². The fourth-order valence-corrected chi connectivity index (χ4v) is 2.81. The average molecular weight is 354 g/mol. The Kier molecular flexibility index (Phi) is 5.39. The van der Waals surface area contributed by atoms with Gasteiger partial charge in [0, 0.05) is 23.0 Å². The van der Waals surface area contributed by atoms with E-state index in [4.69, 9.17) is 5.73 Å². The second kappa shape index (κ2) is 7.07. The van der Waals surface area contributed by atoms with Crippen molar-refractivity contribution in [3.05, 3.63) is 34.3 Å². The first-order chi connectivity index (χ1) is 10.1. The SMILES string of the molecule is CCCCn1c(CCC)nc(-c2cc(F)ccc2Br)c1N. The van der Waals surface area contributed by atoms with Crippen molar-refractivity contribution in [2.45, 2.75) is 46.1 Å². The highest BCUT2D eigenvalue weighted by Gasteiger charge is 2.17. The maximum absolute atomic E-state index is 13.5. The van der Waals surface area contributed by atoms with Crippen molar-refractivity contribution in [2.75, 3.05) is 5.73 Å². The van der Waals surface area contributed by atoms with Gasteiger partial charge in [-0.25, -0.2) is 9.37 Å². The van der Waals surface area contributed by atoms with E-state index in [1.807, 2.05) is 0 Å². The molecule has 0 atom stereocenters. The van der Waals surface area contributed by atoms with Crippen LogP contribution in [0.3, 0.4) is 0 Å². The molecule has 0 bridgehead atoms. The number of aryl methyl sites for hydroxylation is 1. The van der Waals surface area contributed by atoms with Crippen LogP contribution in [0, 0.1) is 5.82 Å². The zero-order chi connectivity index (χ0) is 15.4. The van der Waals surface area contributed by atoms with Crippen molar-refractivity contribution >= 4 is 21.7 Å². The van der Waals surface area contributed by atoms with Crippen molar-refractivity contribution in [1.82, 2.24) is 9.55 Å². The van der Waals surface area contributed by atoms with Gasteiger partial charge in [-0.05, 0) is 31.0 Å². The van der Waals surface area contributed by atoms with Crippen LogP contribution in [0.2, 0.25) is 0 Å². The lowest BCUT2D eigenvalue weighted by molar-refractivity contribution is 0.604. The molecule has 1 aromatic heterocycles. The summed E-state index contributed by atoms with van der Waals surface area (Å²) in [6.07, 6.45) is 4.04. The molecular weight excluding hydrogens is 333 g/mol. The van der Waals surface area contributed by atoms with Crippen LogP contribution in [-0.2, 0) is 13.0 Å². The molecule has 3 nitrogen and oxygen atoms in total. The Bertz CT molecular complexity index is 622. The third-order valence-corrected chi connectivity index (χ3v) is 4.17. The number of imidazole rings is 1. The molecule has 1 aromatic carbocycles. The zero-order valence-electron chi connectivity index (χ0n) is 12.5. The number of aromatic nitrogens is 2. The summed E-state index contributed by atoms with van der Waals surface area (Å²) in [5, 5.41) is 0. The summed E-state index contributed by atoms with van der Waals surface area (Å²) in [5.41, 5.74) is 7.66. The molecule has 2 rings (SSSR count). The monoisotopic (exact) mass is 353 g/mol. The third kappa shape index (κ3) is 3.46. The van der Waals surface area contributed by atoms with Crippen molar-refractivity contribution in [3.8, 4) is 11.3 Å². The molecule has 0 radical (unpaired) electrons. The summed E-state index contributed by atoms with van der Waals surface area (Å²) in [6.45, 7) is 5.13. The molecule has 0 aliphatic rings. The molecule has 0 aliphatic heterocycles. The molecule has 21 heavy (non-hydrogen) atoms. The van der Waals surface area contributed by atoms with Gasteiger partial charge in [0.25, 0.3) is 0 Å². The smallest absolute Gasteiger partial charge is 0.131 e. The molecule has 0 aliphatic carbocycles. The van der Waals surface area contributed by atoms with E-state index in [-0.39, 0.29) is 5.82 Å². The first-order valence-corrected chi connectivity index (χ1v) is 8.18. The van der Waals surface area contributed by atoms with Gasteiger partial charge >= 0.3 is 0 Å². The van der Waals surface area contributed by atoms with E-state index in [1.165, 1.54) is 12.1 Å². The summed E-state index contributed by atoms with van der Waals surface area (Å²) in [5.74, 6) is 1.32. The van der Waals surface area contributed by atoms with Crippen LogP contribution in [-0.4, -0.2) is 9.55 Å². The molecule has 5 heteroatoms. The lowest BCUT2D eigenvalue weighted by atomic mass is 10.1. The zero-order valence-corrected chi connectivity index (χ0v) is 14.1. The number of hydrogen-bond donors (Lipinski definition) is 1. The van der Waals surface area contributed by atoms with Gasteiger partial charge in [0.15, 0.2) is 0 Å². The van der Waals surface area contributed by atoms with Crippen LogP contribution < -0.4 is 5.73 Å². The molecule has 2 N–H and O–H groups in total. The van der Waals surface area contributed by atoms with E-state index in [9.17, 15) is 4.39 Å². The Morgan fingerprint density at radius 2 is 2.05 bits per heavy atom. The summed E-state index contributed by atoms with van der Waals surface area (Å²) >= 11 is 3.46. The van der Waals surface area contributed by atoms with Crippen molar-refractivity contribution in [2.24, 2.45) is 0 Å². The van der Waals surface area contributed by atoms with Gasteiger partial charge < -0.3 is 10.3 Å². The van der Waals surface area contributed by atoms with Crippen LogP contribution in [0.1, 0.15) is 38.9 Å². The highest BCUT2D eigenvalue weighted by molar-refractivity contribution is 9.10. The van der Waals surface area contributed by atoms with Gasteiger partial charge in [-0.3, -0.25) is 0 Å². The second-order valence-corrected chi connectivity index (χ2v) is 6.00. The van der Waals surface area contributed by atoms with Crippen LogP contribution in [0.15, 0.2) is 22.7 Å². The summed E-state index contributed by atoms with van der Waals surface area (Å²) in [7, 11) is 0. The fourth-order valence-electron chi connectivity index (χ4n) is 2.37. The Morgan fingerprint density at radius 1 is 1.29 bits per heavy atom. The molecular formula is C16H21BrFN3. The molecule has 2 aromatic rings. The Hall–Kier alpha value is -1.36. The average Bonchev–Trinajstić information content (AvgIpc) is 2.76. The van der Waals surface area contributed by atoms with Crippen molar-refractivity contribution in [3.63, 3.8) is 0 Å². The van der Waals surface area contributed by atoms with Gasteiger partial charge in [-0.1, -0.05) is 36.2 Å². The largest absolute Gasteiger partial charge is 0.383 e. The minimum atomic E-state index is -0.284. The minimum absolute atomic E-state index is 0.284. The van der Waals surface area contributed by atoms with E-state index in [1.54, 1.807) is 6.07 Å². The molecule has 0 spiro atoms. The van der Waals surface area contributed by atoms with Crippen molar-refractivity contribution in [1.29, 1.82) is 0 Å². The van der Waals surface area contributed by atoms with E-state index in [0.717, 1.165) is 42.5 Å². The van der Waals surface area contributed by atoms with E-state index in [0.29, 0.717) is 17.1 Å². The van der Waals surface area contributed by atoms with E-state index in [2.05, 4.69) is 39.3 Å². The highest BCUT2D eigenvalue weighted by Crippen LogP contribution is 2.33. The van der Waals surface area contributed by atoms with Gasteiger partial charge in [-0.15, -0.1) is 0 Å². The highest BCUT2D eigenvalue weighted by atomic mass is 79.9. The number of nitrogens with zero attached hydrogens (tertiary/aromatic N) is 2. The van der Waals surface area contributed by atoms with Crippen LogP contribution in [0.25, 0.3) is 11.3 Å². The first kappa shape index (κ1) is 16.0. The molecule has 114 valence electrons. The summed E-state index contributed by atoms with van der Waals surface area (Å²) in [4.78, 5) is 4.67. The van der Waals surface area contributed by atoms with Gasteiger partial charge in [-0.2, -0.15) is 0 Å². The van der Waals surface area contributed by atoms with Gasteiger partial charge in [0.2, 0.25) is 0 Å². The third-order valence-electron chi connectivity index (χ3n) is 3.48. The number of halogens is 2. The number of nitrogen functional groups attached to an aromatic ring is 1. The Balaban J connectivity index is 2.51. The number of anilines is 1. The lowest BCUT2D eigenvalue weighted by Gasteiger charge is -2.08. The predicted octanol–water partition coefficient (Wildman–Crippen LogP) is 4.79. The number of rotatable bonds is 6. The summed E-state index contributed by atoms with van der Waals surface area (Å²) in [6, 6.07) is 4.59. The molecule has 0 unspecified atom stereocenters. The molecule has 0 saturated heterocycles. The number of nitrogens with two attached hydrogens (primary N) is 1. The normalized spacial score (nSPS) is 11.0. The molecule has 0 saturated carbocycles. The molecule has 0 amide bonds. The fraction of sp³-hybridized carbons (Fsp3) is 0.438. The van der Waals surface area contributed by atoms with E-state index < -0.39 is 0 Å². The van der Waals surface area contributed by atoms with Crippen LogP contribution in [0.5, 0.6) is 0 Å². The number of benzene rings is 1. The van der Waals surface area contributed by atoms with Crippen molar-refractivity contribution < 1.29 is 4.39 Å². The second-order valence-electron chi connectivity index (χ2n) is 5.14. The minimum Gasteiger partial charge on any atom is -0.383 e. The maximum Gasteiger partial charge on any atom is 0.131 e.